The molecule has 0 fully saturated rings. The van der Waals surface area contributed by atoms with Crippen molar-refractivity contribution < 1.29 is 0 Å². The van der Waals surface area contributed by atoms with Crippen LogP contribution in [0.2, 0.25) is 0 Å². The van der Waals surface area contributed by atoms with Gasteiger partial charge in [0.25, 0.3) is 0 Å². The molecule has 0 aliphatic rings. The van der Waals surface area contributed by atoms with Gasteiger partial charge in [-0.2, -0.15) is 0 Å². The zero-order valence-electron chi connectivity index (χ0n) is 15.5. The normalized spacial score (nSPS) is 12.1. The van der Waals surface area contributed by atoms with E-state index < -0.39 is 0 Å². The van der Waals surface area contributed by atoms with Gasteiger partial charge in [0.05, 0.1) is 5.52 Å². The lowest BCUT2D eigenvalue weighted by molar-refractivity contribution is 1.13. The predicted molar refractivity (Wildman–Crippen MR) is 116 cm³/mol. The van der Waals surface area contributed by atoms with Crippen LogP contribution in [0, 0.1) is 13.8 Å². The summed E-state index contributed by atoms with van der Waals surface area (Å²) >= 11 is 0. The average Bonchev–Trinajstić information content (AvgIpc) is 3.12. The summed E-state index contributed by atoms with van der Waals surface area (Å²) in [7, 11) is 0. The molecule has 0 bridgehead atoms. The molecule has 6 rings (SSSR count). The van der Waals surface area contributed by atoms with E-state index in [1.165, 1.54) is 60.0 Å². The molecule has 6 aromatic rings. The van der Waals surface area contributed by atoms with Crippen LogP contribution in [0.4, 0.5) is 0 Å². The van der Waals surface area contributed by atoms with E-state index in [4.69, 9.17) is 0 Å². The van der Waals surface area contributed by atoms with Crippen molar-refractivity contribution in [1.29, 1.82) is 0 Å². The summed E-state index contributed by atoms with van der Waals surface area (Å²) in [6.45, 7) is 4.39. The van der Waals surface area contributed by atoms with Gasteiger partial charge >= 0.3 is 0 Å². The van der Waals surface area contributed by atoms with Crippen molar-refractivity contribution in [2.24, 2.45) is 0 Å². The maximum Gasteiger partial charge on any atom is 0.0613 e. The predicted octanol–water partition coefficient (Wildman–Crippen LogP) is 7.14. The van der Waals surface area contributed by atoms with Crippen LogP contribution in [0.1, 0.15) is 11.1 Å². The van der Waals surface area contributed by atoms with Gasteiger partial charge in [-0.25, -0.2) is 0 Å². The molecule has 0 saturated heterocycles. The molecular weight excluding hydrogens is 326 g/mol. The van der Waals surface area contributed by atoms with Gasteiger partial charge in [-0.15, -0.1) is 0 Å². The van der Waals surface area contributed by atoms with E-state index in [0.717, 1.165) is 0 Å². The molecule has 0 amide bonds. The summed E-state index contributed by atoms with van der Waals surface area (Å²) in [5.74, 6) is 0. The number of hydrogen-bond acceptors (Lipinski definition) is 0. The van der Waals surface area contributed by atoms with Crippen molar-refractivity contribution in [2.75, 3.05) is 0 Å². The maximum absolute atomic E-state index is 2.35. The van der Waals surface area contributed by atoms with Gasteiger partial charge in [0.1, 0.15) is 0 Å². The number of fused-ring (bicyclic) bond motifs is 3. The van der Waals surface area contributed by atoms with Crippen LogP contribution < -0.4 is 0 Å². The van der Waals surface area contributed by atoms with Crippen molar-refractivity contribution in [3.63, 3.8) is 0 Å². The first-order valence-corrected chi connectivity index (χ1v) is 9.46. The fourth-order valence-corrected chi connectivity index (χ4v) is 4.76. The summed E-state index contributed by atoms with van der Waals surface area (Å²) in [5.41, 5.74) is 5.13. The molecule has 0 aliphatic heterocycles. The zero-order valence-corrected chi connectivity index (χ0v) is 15.5. The third-order valence-electron chi connectivity index (χ3n) is 5.78. The summed E-state index contributed by atoms with van der Waals surface area (Å²) in [6, 6.07) is 26.8. The Morgan fingerprint density at radius 3 is 1.93 bits per heavy atom. The van der Waals surface area contributed by atoms with Crippen LogP contribution in [0.25, 0.3) is 48.9 Å². The van der Waals surface area contributed by atoms with Gasteiger partial charge in [-0.05, 0) is 76.2 Å². The molecule has 27 heavy (non-hydrogen) atoms. The number of aromatic nitrogens is 1. The highest BCUT2D eigenvalue weighted by Crippen LogP contribution is 2.42. The zero-order chi connectivity index (χ0) is 18.1. The smallest absolute Gasteiger partial charge is 0.0613 e. The molecule has 1 aromatic heterocycles. The lowest BCUT2D eigenvalue weighted by atomic mass is 9.90. The highest BCUT2D eigenvalue weighted by Gasteiger charge is 2.17. The van der Waals surface area contributed by atoms with Gasteiger partial charge < -0.3 is 4.57 Å². The van der Waals surface area contributed by atoms with Gasteiger partial charge in [0.2, 0.25) is 0 Å². The highest BCUT2D eigenvalue weighted by atomic mass is 15.0. The Balaban J connectivity index is 1.96. The standard InChI is InChI=1S/C26H19N/c1-16-12-18-8-9-19-13-17(2)15-23-25(19)24(18)22(14-16)21-10-11-27(26(21)23)20-6-4-3-5-7-20/h3-15H,1-2H3. The van der Waals surface area contributed by atoms with Crippen LogP contribution in [0.15, 0.2) is 79.0 Å². The minimum atomic E-state index is 1.21. The van der Waals surface area contributed by atoms with Crippen LogP contribution >= 0.6 is 0 Å². The molecular formula is C26H19N. The number of aryl methyl sites for hydroxylation is 2. The van der Waals surface area contributed by atoms with E-state index in [0.29, 0.717) is 0 Å². The summed E-state index contributed by atoms with van der Waals surface area (Å²) < 4.78 is 2.34. The van der Waals surface area contributed by atoms with Gasteiger partial charge in [0.15, 0.2) is 0 Å². The first-order chi connectivity index (χ1) is 13.2. The molecule has 0 spiro atoms. The number of nitrogens with zero attached hydrogens (tertiary/aromatic N) is 1. The second kappa shape index (κ2) is 5.11. The number of hydrogen-bond donors (Lipinski definition) is 0. The van der Waals surface area contributed by atoms with Gasteiger partial charge in [0, 0.05) is 22.7 Å². The average molecular weight is 345 g/mol. The van der Waals surface area contributed by atoms with Gasteiger partial charge in [-0.3, -0.25) is 0 Å². The monoisotopic (exact) mass is 345 g/mol. The molecule has 0 radical (unpaired) electrons. The second-order valence-electron chi connectivity index (χ2n) is 7.67. The molecule has 0 aliphatic carbocycles. The first kappa shape index (κ1) is 14.8. The minimum Gasteiger partial charge on any atom is -0.316 e. The highest BCUT2D eigenvalue weighted by molar-refractivity contribution is 6.33. The Bertz CT molecular complexity index is 1470. The topological polar surface area (TPSA) is 4.93 Å². The summed E-state index contributed by atoms with van der Waals surface area (Å²) in [6.07, 6.45) is 2.22. The Morgan fingerprint density at radius 1 is 0.593 bits per heavy atom. The molecule has 0 atom stereocenters. The minimum absolute atomic E-state index is 1.21. The maximum atomic E-state index is 2.35. The van der Waals surface area contributed by atoms with Crippen LogP contribution in [0.5, 0.6) is 0 Å². The largest absolute Gasteiger partial charge is 0.316 e. The lowest BCUT2D eigenvalue weighted by Gasteiger charge is -2.16. The van der Waals surface area contributed by atoms with E-state index in [2.05, 4.69) is 97.4 Å². The number of para-hydroxylation sites is 1. The lowest BCUT2D eigenvalue weighted by Crippen LogP contribution is -1.94. The second-order valence-corrected chi connectivity index (χ2v) is 7.67. The van der Waals surface area contributed by atoms with E-state index in [9.17, 15) is 0 Å². The van der Waals surface area contributed by atoms with E-state index in [1.807, 2.05) is 0 Å². The quantitative estimate of drug-likeness (QED) is 0.279. The third-order valence-corrected chi connectivity index (χ3v) is 5.78. The van der Waals surface area contributed by atoms with Crippen LogP contribution in [-0.4, -0.2) is 4.57 Å². The SMILES string of the molecule is Cc1cc2ccc3cc(C)cc4c3c2c(c1)c1ccn(-c2ccccc2)c14. The molecule has 1 heteroatoms. The first-order valence-electron chi connectivity index (χ1n) is 9.46. The molecule has 128 valence electrons. The van der Waals surface area contributed by atoms with Crippen molar-refractivity contribution in [2.45, 2.75) is 13.8 Å². The Kier molecular flexibility index (Phi) is 2.80. The summed E-state index contributed by atoms with van der Waals surface area (Å²) in [4.78, 5) is 0. The fraction of sp³-hybridized carbons (Fsp3) is 0.0769. The molecule has 1 nitrogen and oxygen atoms in total. The molecule has 5 aromatic carbocycles. The van der Waals surface area contributed by atoms with Crippen LogP contribution in [-0.2, 0) is 0 Å². The summed E-state index contributed by atoms with van der Waals surface area (Å²) in [5, 5.41) is 9.48. The third kappa shape index (κ3) is 1.94. The van der Waals surface area contributed by atoms with Crippen molar-refractivity contribution >= 4 is 43.2 Å². The molecule has 0 saturated carbocycles. The molecule has 0 unspecified atom stereocenters. The van der Waals surface area contributed by atoms with Crippen LogP contribution in [0.3, 0.4) is 0 Å². The van der Waals surface area contributed by atoms with Crippen molar-refractivity contribution in [3.8, 4) is 5.69 Å². The Morgan fingerprint density at radius 2 is 1.22 bits per heavy atom. The fourth-order valence-electron chi connectivity index (χ4n) is 4.76. The Labute approximate surface area is 157 Å². The van der Waals surface area contributed by atoms with E-state index >= 15 is 0 Å². The van der Waals surface area contributed by atoms with Crippen molar-refractivity contribution in [3.05, 3.63) is 90.1 Å². The molecule has 1 heterocycles. The Hall–Kier alpha value is -3.32. The number of benzene rings is 5. The van der Waals surface area contributed by atoms with E-state index in [-0.39, 0.29) is 0 Å². The van der Waals surface area contributed by atoms with Crippen molar-refractivity contribution in [1.82, 2.24) is 4.57 Å². The van der Waals surface area contributed by atoms with E-state index in [1.54, 1.807) is 0 Å². The molecule has 0 N–H and O–H groups in total. The van der Waals surface area contributed by atoms with Gasteiger partial charge in [-0.1, -0.05) is 48.5 Å². The number of rotatable bonds is 1.